The molecule has 0 aliphatic carbocycles. The van der Waals surface area contributed by atoms with E-state index in [1.54, 1.807) is 12.1 Å². The van der Waals surface area contributed by atoms with Crippen molar-refractivity contribution < 1.29 is 9.59 Å². The standard InChI is InChI=1S/C9H6BrNO2/c10-6-3-1-2-5-4-7(12)11-9(13)8(5)6/h1-3H,4H2,(H,11,12,13). The molecule has 0 spiro atoms. The highest BCUT2D eigenvalue weighted by Crippen LogP contribution is 2.23. The summed E-state index contributed by atoms with van der Waals surface area (Å²) in [7, 11) is 0. The van der Waals surface area contributed by atoms with Gasteiger partial charge in [0.05, 0.1) is 12.0 Å². The minimum absolute atomic E-state index is 0.240. The summed E-state index contributed by atoms with van der Waals surface area (Å²) in [5.74, 6) is -0.561. The van der Waals surface area contributed by atoms with Crippen LogP contribution in [0.1, 0.15) is 15.9 Å². The van der Waals surface area contributed by atoms with Gasteiger partial charge in [-0.2, -0.15) is 0 Å². The van der Waals surface area contributed by atoms with Crippen molar-refractivity contribution in [1.82, 2.24) is 5.32 Å². The zero-order chi connectivity index (χ0) is 9.42. The van der Waals surface area contributed by atoms with Crippen molar-refractivity contribution in [2.45, 2.75) is 6.42 Å². The molecule has 0 fully saturated rings. The first-order valence-corrected chi connectivity index (χ1v) is 4.59. The number of hydrogen-bond acceptors (Lipinski definition) is 2. The van der Waals surface area contributed by atoms with Crippen LogP contribution < -0.4 is 5.32 Å². The van der Waals surface area contributed by atoms with Gasteiger partial charge in [0.2, 0.25) is 5.91 Å². The number of carbonyl (C=O) groups excluding carboxylic acids is 2. The minimum Gasteiger partial charge on any atom is -0.292 e. The van der Waals surface area contributed by atoms with Crippen molar-refractivity contribution in [3.05, 3.63) is 33.8 Å². The molecule has 1 aromatic rings. The molecule has 4 heteroatoms. The van der Waals surface area contributed by atoms with Gasteiger partial charge in [0.15, 0.2) is 0 Å². The van der Waals surface area contributed by atoms with Gasteiger partial charge in [0.1, 0.15) is 0 Å². The first-order valence-electron chi connectivity index (χ1n) is 3.80. The smallest absolute Gasteiger partial charge is 0.259 e. The number of halogens is 1. The number of benzene rings is 1. The zero-order valence-corrected chi connectivity index (χ0v) is 8.22. The van der Waals surface area contributed by atoms with Gasteiger partial charge in [-0.25, -0.2) is 0 Å². The molecule has 0 unspecified atom stereocenters. The van der Waals surface area contributed by atoms with Crippen molar-refractivity contribution in [2.24, 2.45) is 0 Å². The average molecular weight is 240 g/mol. The Morgan fingerprint density at radius 2 is 2.08 bits per heavy atom. The van der Waals surface area contributed by atoms with E-state index in [-0.39, 0.29) is 18.2 Å². The zero-order valence-electron chi connectivity index (χ0n) is 6.63. The molecule has 0 saturated heterocycles. The third kappa shape index (κ3) is 1.37. The first-order chi connectivity index (χ1) is 6.18. The molecule has 13 heavy (non-hydrogen) atoms. The Morgan fingerprint density at radius 1 is 1.31 bits per heavy atom. The van der Waals surface area contributed by atoms with Crippen LogP contribution in [0.2, 0.25) is 0 Å². The van der Waals surface area contributed by atoms with Crippen molar-refractivity contribution in [3.63, 3.8) is 0 Å². The van der Waals surface area contributed by atoms with Gasteiger partial charge in [-0.05, 0) is 27.6 Å². The second kappa shape index (κ2) is 2.96. The molecular formula is C9H6BrNO2. The fourth-order valence-corrected chi connectivity index (χ4v) is 1.96. The van der Waals surface area contributed by atoms with E-state index >= 15 is 0 Å². The third-order valence-corrected chi connectivity index (χ3v) is 2.59. The molecule has 0 atom stereocenters. The van der Waals surface area contributed by atoms with Crippen LogP contribution in [0.15, 0.2) is 22.7 Å². The highest BCUT2D eigenvalue weighted by Gasteiger charge is 2.23. The number of hydrogen-bond donors (Lipinski definition) is 1. The predicted octanol–water partition coefficient (Wildman–Crippen LogP) is 1.26. The van der Waals surface area contributed by atoms with Crippen LogP contribution in [0, 0.1) is 0 Å². The van der Waals surface area contributed by atoms with E-state index in [0.717, 1.165) is 10.0 Å². The van der Waals surface area contributed by atoms with E-state index < -0.39 is 0 Å². The SMILES string of the molecule is O=C1Cc2cccc(Br)c2C(=O)N1. The van der Waals surface area contributed by atoms with Gasteiger partial charge in [-0.3, -0.25) is 14.9 Å². The van der Waals surface area contributed by atoms with Crippen LogP contribution >= 0.6 is 15.9 Å². The molecule has 1 aliphatic heterocycles. The second-order valence-electron chi connectivity index (χ2n) is 2.83. The molecule has 3 nitrogen and oxygen atoms in total. The molecule has 1 aliphatic rings. The second-order valence-corrected chi connectivity index (χ2v) is 3.68. The predicted molar refractivity (Wildman–Crippen MR) is 50.3 cm³/mol. The van der Waals surface area contributed by atoms with Gasteiger partial charge in [0, 0.05) is 4.47 Å². The number of amides is 2. The average Bonchev–Trinajstić information content (AvgIpc) is 2.02. The molecule has 1 heterocycles. The van der Waals surface area contributed by atoms with Crippen LogP contribution in [0.25, 0.3) is 0 Å². The van der Waals surface area contributed by atoms with Gasteiger partial charge < -0.3 is 0 Å². The Balaban J connectivity index is 2.61. The van der Waals surface area contributed by atoms with Gasteiger partial charge in [0.25, 0.3) is 5.91 Å². The van der Waals surface area contributed by atoms with E-state index in [2.05, 4.69) is 21.2 Å². The lowest BCUT2D eigenvalue weighted by molar-refractivity contribution is -0.119. The van der Waals surface area contributed by atoms with Gasteiger partial charge >= 0.3 is 0 Å². The highest BCUT2D eigenvalue weighted by molar-refractivity contribution is 9.10. The van der Waals surface area contributed by atoms with Gasteiger partial charge in [-0.15, -0.1) is 0 Å². The first kappa shape index (κ1) is 8.44. The lowest BCUT2D eigenvalue weighted by atomic mass is 10.0. The van der Waals surface area contributed by atoms with Crippen LogP contribution in [0.5, 0.6) is 0 Å². The molecule has 2 rings (SSSR count). The summed E-state index contributed by atoms with van der Waals surface area (Å²) in [5.41, 5.74) is 1.35. The number of rotatable bonds is 0. The quantitative estimate of drug-likeness (QED) is 0.694. The van der Waals surface area contributed by atoms with E-state index in [0.29, 0.717) is 5.56 Å². The number of fused-ring (bicyclic) bond motifs is 1. The maximum atomic E-state index is 11.4. The Labute approximate surface area is 83.3 Å². The van der Waals surface area contributed by atoms with Crippen molar-refractivity contribution in [2.75, 3.05) is 0 Å². The van der Waals surface area contributed by atoms with E-state index in [1.165, 1.54) is 0 Å². The Hall–Kier alpha value is -1.16. The fraction of sp³-hybridized carbons (Fsp3) is 0.111. The van der Waals surface area contributed by atoms with Crippen LogP contribution in [0.4, 0.5) is 0 Å². The van der Waals surface area contributed by atoms with Crippen LogP contribution in [-0.2, 0) is 11.2 Å². The lowest BCUT2D eigenvalue weighted by Crippen LogP contribution is -2.37. The summed E-state index contributed by atoms with van der Waals surface area (Å²) in [5, 5.41) is 2.27. The van der Waals surface area contributed by atoms with Crippen molar-refractivity contribution >= 4 is 27.7 Å². The van der Waals surface area contributed by atoms with Crippen molar-refractivity contribution in [1.29, 1.82) is 0 Å². The van der Waals surface area contributed by atoms with Crippen LogP contribution in [0.3, 0.4) is 0 Å². The molecule has 1 aromatic carbocycles. The lowest BCUT2D eigenvalue weighted by Gasteiger charge is -2.15. The maximum absolute atomic E-state index is 11.4. The van der Waals surface area contributed by atoms with Crippen molar-refractivity contribution in [3.8, 4) is 0 Å². The molecular weight excluding hydrogens is 234 g/mol. The van der Waals surface area contributed by atoms with Crippen LogP contribution in [-0.4, -0.2) is 11.8 Å². The summed E-state index contributed by atoms with van der Waals surface area (Å²) in [6.07, 6.45) is 0.278. The number of carbonyl (C=O) groups is 2. The molecule has 0 radical (unpaired) electrons. The molecule has 0 bridgehead atoms. The largest absolute Gasteiger partial charge is 0.292 e. The highest BCUT2D eigenvalue weighted by atomic mass is 79.9. The van der Waals surface area contributed by atoms with E-state index in [1.807, 2.05) is 6.07 Å². The summed E-state index contributed by atoms with van der Waals surface area (Å²) < 4.78 is 0.731. The van der Waals surface area contributed by atoms with E-state index in [9.17, 15) is 9.59 Å². The molecule has 1 N–H and O–H groups in total. The van der Waals surface area contributed by atoms with E-state index in [4.69, 9.17) is 0 Å². The fourth-order valence-electron chi connectivity index (χ4n) is 1.38. The summed E-state index contributed by atoms with van der Waals surface area (Å²) in [4.78, 5) is 22.4. The Kier molecular flexibility index (Phi) is 1.92. The molecule has 0 saturated carbocycles. The maximum Gasteiger partial charge on any atom is 0.259 e. The molecule has 66 valence electrons. The topological polar surface area (TPSA) is 46.2 Å². The third-order valence-electron chi connectivity index (χ3n) is 1.93. The Morgan fingerprint density at radius 3 is 2.85 bits per heavy atom. The molecule has 2 amide bonds. The number of nitrogens with one attached hydrogen (secondary N) is 1. The normalized spacial score (nSPS) is 15.2. The molecule has 0 aromatic heterocycles. The summed E-state index contributed by atoms with van der Waals surface area (Å²) in [6.45, 7) is 0. The minimum atomic E-state index is -0.321. The van der Waals surface area contributed by atoms with Gasteiger partial charge in [-0.1, -0.05) is 12.1 Å². The monoisotopic (exact) mass is 239 g/mol. The summed E-state index contributed by atoms with van der Waals surface area (Å²) >= 11 is 3.27. The summed E-state index contributed by atoms with van der Waals surface area (Å²) in [6, 6.07) is 5.39. The Bertz CT molecular complexity index is 401. The number of imide groups is 1.